The highest BCUT2D eigenvalue weighted by Crippen LogP contribution is 2.02. The Morgan fingerprint density at radius 1 is 1.05 bits per heavy atom. The number of hydrogen-bond acceptors (Lipinski definition) is 3. The van der Waals surface area contributed by atoms with Crippen LogP contribution in [0.3, 0.4) is 0 Å². The first kappa shape index (κ1) is 22.6. The van der Waals surface area contributed by atoms with Gasteiger partial charge in [-0.2, -0.15) is 0 Å². The van der Waals surface area contributed by atoms with Crippen molar-refractivity contribution >= 4 is 12.4 Å². The third kappa shape index (κ3) is 16.3. The lowest BCUT2D eigenvalue weighted by Gasteiger charge is -2.09. The number of unbranched alkanes of at least 4 members (excludes halogenated alkanes) is 1. The zero-order valence-corrected chi connectivity index (χ0v) is 14.2. The highest BCUT2D eigenvalue weighted by molar-refractivity contribution is 5.52. The number of ether oxygens (including phenoxy) is 2. The minimum Gasteiger partial charge on any atom is -0.353 e. The van der Waals surface area contributed by atoms with Gasteiger partial charge in [-0.25, -0.2) is 0 Å². The molecule has 0 atom stereocenters. The fourth-order valence-corrected chi connectivity index (χ4v) is 1.47. The Labute approximate surface area is 135 Å². The Hall–Kier alpha value is -1.71. The molecule has 1 aromatic rings. The molecule has 0 saturated carbocycles. The largest absolute Gasteiger partial charge is 0.353 e. The summed E-state index contributed by atoms with van der Waals surface area (Å²) in [5.41, 5.74) is 1.18. The van der Waals surface area contributed by atoms with Crippen LogP contribution in [-0.4, -0.2) is 25.8 Å². The number of allylic oxidation sites excluding steroid dienone is 1. The first-order chi connectivity index (χ1) is 10.7. The van der Waals surface area contributed by atoms with Crippen molar-refractivity contribution in [2.24, 2.45) is 0 Å². The number of carbonyl (C=O) groups excluding carboxylic acids is 1. The summed E-state index contributed by atoms with van der Waals surface area (Å²) in [7, 11) is 0. The molecule has 0 amide bonds. The third-order valence-corrected chi connectivity index (χ3v) is 2.36. The fraction of sp³-hybridized carbons (Fsp3) is 0.421. The molecule has 0 aliphatic carbocycles. The highest BCUT2D eigenvalue weighted by atomic mass is 16.7. The van der Waals surface area contributed by atoms with Gasteiger partial charge in [-0.05, 0) is 32.8 Å². The van der Waals surface area contributed by atoms with Gasteiger partial charge in [0.1, 0.15) is 6.29 Å². The minimum atomic E-state index is -0.0370. The number of hydrogen-bond donors (Lipinski definition) is 0. The second kappa shape index (κ2) is 19.3. The summed E-state index contributed by atoms with van der Waals surface area (Å²) in [6.07, 6.45) is 6.40. The van der Waals surface area contributed by atoms with E-state index in [9.17, 15) is 4.79 Å². The summed E-state index contributed by atoms with van der Waals surface area (Å²) >= 11 is 0. The Balaban J connectivity index is 0. The summed E-state index contributed by atoms with van der Waals surface area (Å²) in [6.45, 7) is 13.3. The van der Waals surface area contributed by atoms with Crippen LogP contribution in [0.2, 0.25) is 0 Å². The SMILES string of the molecule is C=C.CCOC(C)OCC.O=CCC/C=C/c1ccccc1. The molecule has 0 aromatic heterocycles. The number of carbonyl (C=O) groups is 1. The molecule has 1 rings (SSSR count). The maximum absolute atomic E-state index is 9.98. The molecule has 1 aromatic carbocycles. The molecule has 3 nitrogen and oxygen atoms in total. The van der Waals surface area contributed by atoms with Crippen molar-refractivity contribution in [2.45, 2.75) is 39.9 Å². The van der Waals surface area contributed by atoms with E-state index < -0.39 is 0 Å². The molecule has 3 heteroatoms. The summed E-state index contributed by atoms with van der Waals surface area (Å²) in [4.78, 5) is 9.98. The quantitative estimate of drug-likeness (QED) is 0.297. The van der Waals surface area contributed by atoms with Crippen molar-refractivity contribution in [3.63, 3.8) is 0 Å². The maximum Gasteiger partial charge on any atom is 0.154 e. The van der Waals surface area contributed by atoms with Gasteiger partial charge < -0.3 is 14.3 Å². The Bertz CT molecular complexity index is 354. The van der Waals surface area contributed by atoms with Crippen molar-refractivity contribution < 1.29 is 14.3 Å². The van der Waals surface area contributed by atoms with E-state index in [0.29, 0.717) is 6.42 Å². The maximum atomic E-state index is 9.98. The van der Waals surface area contributed by atoms with Gasteiger partial charge in [0.25, 0.3) is 0 Å². The van der Waals surface area contributed by atoms with E-state index in [1.165, 1.54) is 5.56 Å². The lowest BCUT2D eigenvalue weighted by molar-refractivity contribution is -0.123. The lowest BCUT2D eigenvalue weighted by Crippen LogP contribution is -2.11. The van der Waals surface area contributed by atoms with Crippen molar-refractivity contribution in [1.82, 2.24) is 0 Å². The standard InChI is InChI=1S/C11H12O.C6H14O2.C2H4/c12-10-6-2-5-9-11-7-3-1-4-8-11;1-4-7-6(3)8-5-2;1-2/h1,3-5,7-10H,2,6H2;6H,4-5H2,1-3H3;1-2H2/b9-5+;;. The second-order valence-electron chi connectivity index (χ2n) is 4.04. The van der Waals surface area contributed by atoms with E-state index >= 15 is 0 Å². The van der Waals surface area contributed by atoms with Crippen LogP contribution >= 0.6 is 0 Å². The van der Waals surface area contributed by atoms with Gasteiger partial charge in [-0.1, -0.05) is 42.5 Å². The van der Waals surface area contributed by atoms with Crippen LogP contribution in [0.1, 0.15) is 39.2 Å². The van der Waals surface area contributed by atoms with Gasteiger partial charge in [-0.3, -0.25) is 0 Å². The van der Waals surface area contributed by atoms with Crippen LogP contribution in [-0.2, 0) is 14.3 Å². The summed E-state index contributed by atoms with van der Waals surface area (Å²) < 4.78 is 10.1. The highest BCUT2D eigenvalue weighted by Gasteiger charge is 1.94. The monoisotopic (exact) mass is 306 g/mol. The van der Waals surface area contributed by atoms with Crippen molar-refractivity contribution in [3.05, 3.63) is 55.1 Å². The van der Waals surface area contributed by atoms with E-state index in [1.807, 2.05) is 63.3 Å². The van der Waals surface area contributed by atoms with Gasteiger partial charge in [0, 0.05) is 19.6 Å². The molecule has 0 bridgehead atoms. The van der Waals surface area contributed by atoms with E-state index in [1.54, 1.807) is 0 Å². The first-order valence-electron chi connectivity index (χ1n) is 7.63. The lowest BCUT2D eigenvalue weighted by atomic mass is 10.2. The molecule has 0 unspecified atom stereocenters. The summed E-state index contributed by atoms with van der Waals surface area (Å²) in [5.74, 6) is 0. The Kier molecular flexibility index (Phi) is 19.8. The zero-order chi connectivity index (χ0) is 17.1. The van der Waals surface area contributed by atoms with Crippen molar-refractivity contribution in [1.29, 1.82) is 0 Å². The molecule has 0 radical (unpaired) electrons. The van der Waals surface area contributed by atoms with Crippen LogP contribution in [0.5, 0.6) is 0 Å². The smallest absolute Gasteiger partial charge is 0.154 e. The number of benzene rings is 1. The summed E-state index contributed by atoms with van der Waals surface area (Å²) in [5, 5.41) is 0. The van der Waals surface area contributed by atoms with Crippen LogP contribution in [0, 0.1) is 0 Å². The minimum absolute atomic E-state index is 0.0370. The first-order valence-corrected chi connectivity index (χ1v) is 7.63. The van der Waals surface area contributed by atoms with E-state index in [0.717, 1.165) is 25.9 Å². The average Bonchev–Trinajstić information content (AvgIpc) is 2.56. The zero-order valence-electron chi connectivity index (χ0n) is 14.2. The van der Waals surface area contributed by atoms with Crippen molar-refractivity contribution in [3.8, 4) is 0 Å². The molecule has 0 N–H and O–H groups in total. The molecule has 0 aliphatic heterocycles. The molecule has 0 aliphatic rings. The van der Waals surface area contributed by atoms with Gasteiger partial charge in [-0.15, -0.1) is 13.2 Å². The summed E-state index contributed by atoms with van der Waals surface area (Å²) in [6, 6.07) is 10.1. The van der Waals surface area contributed by atoms with Crippen molar-refractivity contribution in [2.75, 3.05) is 13.2 Å². The third-order valence-electron chi connectivity index (χ3n) is 2.36. The molecule has 0 heterocycles. The van der Waals surface area contributed by atoms with E-state index in [-0.39, 0.29) is 6.29 Å². The Morgan fingerprint density at radius 3 is 2.05 bits per heavy atom. The molecule has 0 saturated heterocycles. The Morgan fingerprint density at radius 2 is 1.59 bits per heavy atom. The fourth-order valence-electron chi connectivity index (χ4n) is 1.47. The van der Waals surface area contributed by atoms with Crippen LogP contribution in [0.15, 0.2) is 49.6 Å². The normalized spacial score (nSPS) is 9.64. The number of rotatable bonds is 8. The van der Waals surface area contributed by atoms with Crippen LogP contribution in [0.4, 0.5) is 0 Å². The van der Waals surface area contributed by atoms with Gasteiger partial charge >= 0.3 is 0 Å². The second-order valence-corrected chi connectivity index (χ2v) is 4.04. The average molecular weight is 306 g/mol. The van der Waals surface area contributed by atoms with E-state index in [2.05, 4.69) is 13.2 Å². The van der Waals surface area contributed by atoms with Crippen LogP contribution in [0.25, 0.3) is 6.08 Å². The topological polar surface area (TPSA) is 35.5 Å². The molecule has 124 valence electrons. The molecular formula is C19H30O3. The molecular weight excluding hydrogens is 276 g/mol. The van der Waals surface area contributed by atoms with Crippen LogP contribution < -0.4 is 0 Å². The predicted molar refractivity (Wildman–Crippen MR) is 94.7 cm³/mol. The van der Waals surface area contributed by atoms with Gasteiger partial charge in [0.05, 0.1) is 0 Å². The number of aldehydes is 1. The predicted octanol–water partition coefficient (Wildman–Crippen LogP) is 4.89. The molecule has 0 spiro atoms. The molecule has 0 fully saturated rings. The van der Waals surface area contributed by atoms with Gasteiger partial charge in [0.15, 0.2) is 6.29 Å². The van der Waals surface area contributed by atoms with Gasteiger partial charge in [0.2, 0.25) is 0 Å². The van der Waals surface area contributed by atoms with E-state index in [4.69, 9.17) is 9.47 Å². The molecule has 22 heavy (non-hydrogen) atoms.